The average molecular weight is 494 g/mol. The van der Waals surface area contributed by atoms with E-state index in [0.29, 0.717) is 5.69 Å². The van der Waals surface area contributed by atoms with Gasteiger partial charge >= 0.3 is 11.8 Å². The fourth-order valence-electron chi connectivity index (χ4n) is 4.44. The van der Waals surface area contributed by atoms with Gasteiger partial charge in [0, 0.05) is 43.3 Å². The standard InChI is InChI=1S/C26H31N5O3S/c1-19(29-26(33)25(32)28-18-20-8-5-6-12-27-20)24(23-11-7-17-35-23)31-15-13-30(14-16-31)21-9-3-4-10-22(21)34-2/h3-12,17,19,24H,13-16,18H2,1-2H3,(H,28,32)(H,29,33)/t19-,24+/m1/s1. The Kier molecular flexibility index (Phi) is 8.33. The molecule has 3 heterocycles. The molecule has 1 fully saturated rings. The quantitative estimate of drug-likeness (QED) is 0.470. The molecule has 1 aliphatic heterocycles. The predicted octanol–water partition coefficient (Wildman–Crippen LogP) is 2.84. The monoisotopic (exact) mass is 493 g/mol. The summed E-state index contributed by atoms with van der Waals surface area (Å²) in [6, 6.07) is 17.3. The van der Waals surface area contributed by atoms with Crippen LogP contribution in [0.2, 0.25) is 0 Å². The number of carbonyl (C=O) groups excluding carboxylic acids is 2. The minimum atomic E-state index is -0.659. The van der Waals surface area contributed by atoms with Crippen molar-refractivity contribution in [2.75, 3.05) is 38.2 Å². The van der Waals surface area contributed by atoms with Crippen molar-refractivity contribution in [3.05, 3.63) is 76.7 Å². The molecule has 2 N–H and O–H groups in total. The number of aromatic nitrogens is 1. The maximum atomic E-state index is 12.7. The Hall–Kier alpha value is -3.43. The maximum Gasteiger partial charge on any atom is 0.309 e. The second kappa shape index (κ2) is 11.8. The predicted molar refractivity (Wildman–Crippen MR) is 138 cm³/mol. The molecule has 0 radical (unpaired) electrons. The van der Waals surface area contributed by atoms with Crippen LogP contribution in [0.4, 0.5) is 5.69 Å². The van der Waals surface area contributed by atoms with Gasteiger partial charge in [0.2, 0.25) is 0 Å². The first-order valence-corrected chi connectivity index (χ1v) is 12.6. The van der Waals surface area contributed by atoms with Crippen molar-refractivity contribution in [1.29, 1.82) is 0 Å². The third-order valence-electron chi connectivity index (χ3n) is 6.16. The summed E-state index contributed by atoms with van der Waals surface area (Å²) in [6.07, 6.45) is 1.66. The number of hydrogen-bond donors (Lipinski definition) is 2. The summed E-state index contributed by atoms with van der Waals surface area (Å²) in [5, 5.41) is 7.62. The Morgan fingerprint density at radius 1 is 1.03 bits per heavy atom. The molecule has 0 aliphatic carbocycles. The zero-order valence-corrected chi connectivity index (χ0v) is 20.8. The molecular formula is C26H31N5O3S. The van der Waals surface area contributed by atoms with Crippen molar-refractivity contribution >= 4 is 28.8 Å². The van der Waals surface area contributed by atoms with Gasteiger partial charge in [0.1, 0.15) is 5.75 Å². The largest absolute Gasteiger partial charge is 0.495 e. The van der Waals surface area contributed by atoms with Crippen LogP contribution in [0.1, 0.15) is 23.5 Å². The van der Waals surface area contributed by atoms with E-state index in [2.05, 4.69) is 37.6 Å². The Labute approximate surface area is 209 Å². The molecule has 3 aromatic rings. The smallest absolute Gasteiger partial charge is 0.309 e. The number of rotatable bonds is 8. The van der Waals surface area contributed by atoms with E-state index in [9.17, 15) is 9.59 Å². The van der Waals surface area contributed by atoms with Gasteiger partial charge in [-0.1, -0.05) is 24.3 Å². The average Bonchev–Trinajstić information content (AvgIpc) is 3.42. The number of piperazine rings is 1. The Bertz CT molecular complexity index is 1100. The van der Waals surface area contributed by atoms with E-state index < -0.39 is 11.8 Å². The highest BCUT2D eigenvalue weighted by Crippen LogP contribution is 2.32. The van der Waals surface area contributed by atoms with Gasteiger partial charge in [0.05, 0.1) is 31.1 Å². The number of hydrogen-bond acceptors (Lipinski definition) is 7. The van der Waals surface area contributed by atoms with Crippen molar-refractivity contribution in [2.24, 2.45) is 0 Å². The van der Waals surface area contributed by atoms with Crippen molar-refractivity contribution in [2.45, 2.75) is 25.6 Å². The summed E-state index contributed by atoms with van der Waals surface area (Å²) in [6.45, 7) is 5.50. The summed E-state index contributed by atoms with van der Waals surface area (Å²) in [4.78, 5) is 35.1. The fourth-order valence-corrected chi connectivity index (χ4v) is 5.40. The third kappa shape index (κ3) is 6.17. The first-order valence-electron chi connectivity index (χ1n) is 11.7. The van der Waals surface area contributed by atoms with Gasteiger partial charge in [-0.15, -0.1) is 11.3 Å². The van der Waals surface area contributed by atoms with Gasteiger partial charge in [-0.3, -0.25) is 19.5 Å². The Balaban J connectivity index is 1.38. The lowest BCUT2D eigenvalue weighted by Gasteiger charge is -2.42. The Morgan fingerprint density at radius 3 is 2.49 bits per heavy atom. The first kappa shape index (κ1) is 24.7. The lowest BCUT2D eigenvalue weighted by Crippen LogP contribution is -2.53. The van der Waals surface area contributed by atoms with Gasteiger partial charge in [0.25, 0.3) is 0 Å². The summed E-state index contributed by atoms with van der Waals surface area (Å²) in [7, 11) is 1.69. The van der Waals surface area contributed by atoms with Crippen molar-refractivity contribution in [3.63, 3.8) is 0 Å². The van der Waals surface area contributed by atoms with Gasteiger partial charge in [0.15, 0.2) is 0 Å². The van der Waals surface area contributed by atoms with E-state index in [0.717, 1.165) is 42.5 Å². The number of carbonyl (C=O) groups is 2. The van der Waals surface area contributed by atoms with Crippen LogP contribution in [0.5, 0.6) is 5.75 Å². The van der Waals surface area contributed by atoms with Gasteiger partial charge in [-0.05, 0) is 42.6 Å². The molecule has 0 unspecified atom stereocenters. The highest BCUT2D eigenvalue weighted by atomic mass is 32.1. The summed E-state index contributed by atoms with van der Waals surface area (Å²) in [5.41, 5.74) is 1.79. The zero-order chi connectivity index (χ0) is 24.6. The third-order valence-corrected chi connectivity index (χ3v) is 7.11. The van der Waals surface area contributed by atoms with Gasteiger partial charge in [-0.2, -0.15) is 0 Å². The minimum Gasteiger partial charge on any atom is -0.495 e. The van der Waals surface area contributed by atoms with Crippen LogP contribution < -0.4 is 20.3 Å². The van der Waals surface area contributed by atoms with E-state index in [-0.39, 0.29) is 18.6 Å². The number of benzene rings is 1. The van der Waals surface area contributed by atoms with E-state index >= 15 is 0 Å². The lowest BCUT2D eigenvalue weighted by atomic mass is 10.0. The van der Waals surface area contributed by atoms with E-state index in [4.69, 9.17) is 4.74 Å². The molecular weight excluding hydrogens is 462 g/mol. The number of ether oxygens (including phenoxy) is 1. The highest BCUT2D eigenvalue weighted by Gasteiger charge is 2.32. The lowest BCUT2D eigenvalue weighted by molar-refractivity contribution is -0.140. The van der Waals surface area contributed by atoms with E-state index in [1.165, 1.54) is 0 Å². The molecule has 9 heteroatoms. The van der Waals surface area contributed by atoms with E-state index in [1.807, 2.05) is 42.6 Å². The van der Waals surface area contributed by atoms with Crippen molar-refractivity contribution < 1.29 is 14.3 Å². The number of amides is 2. The maximum absolute atomic E-state index is 12.7. The normalized spacial score (nSPS) is 15.8. The molecule has 1 aliphatic rings. The SMILES string of the molecule is COc1ccccc1N1CCN([C@H](c2cccs2)[C@@H](C)NC(=O)C(=O)NCc2ccccn2)CC1. The fraction of sp³-hybridized carbons (Fsp3) is 0.346. The first-order chi connectivity index (χ1) is 17.1. The van der Waals surface area contributed by atoms with Crippen LogP contribution in [0.25, 0.3) is 0 Å². The summed E-state index contributed by atoms with van der Waals surface area (Å²) >= 11 is 1.66. The second-order valence-electron chi connectivity index (χ2n) is 8.42. The van der Waals surface area contributed by atoms with E-state index in [1.54, 1.807) is 36.8 Å². The molecule has 1 aromatic carbocycles. The number of methoxy groups -OCH3 is 1. The number of pyridine rings is 1. The van der Waals surface area contributed by atoms with Gasteiger partial charge in [-0.25, -0.2) is 0 Å². The van der Waals surface area contributed by atoms with Crippen LogP contribution in [0.15, 0.2) is 66.2 Å². The topological polar surface area (TPSA) is 86.8 Å². The molecule has 0 saturated carbocycles. The van der Waals surface area contributed by atoms with Crippen LogP contribution in [-0.4, -0.2) is 61.0 Å². The molecule has 2 amide bonds. The molecule has 2 atom stereocenters. The number of thiophene rings is 1. The van der Waals surface area contributed by atoms with Crippen molar-refractivity contribution in [3.8, 4) is 5.75 Å². The summed E-state index contributed by atoms with van der Waals surface area (Å²) < 4.78 is 5.54. The van der Waals surface area contributed by atoms with Gasteiger partial charge < -0.3 is 20.3 Å². The highest BCUT2D eigenvalue weighted by molar-refractivity contribution is 7.10. The molecule has 4 rings (SSSR count). The minimum absolute atomic E-state index is 0.0256. The molecule has 0 bridgehead atoms. The molecule has 8 nitrogen and oxygen atoms in total. The molecule has 184 valence electrons. The number of nitrogens with one attached hydrogen (secondary N) is 2. The Morgan fingerprint density at radius 2 is 1.80 bits per heavy atom. The molecule has 35 heavy (non-hydrogen) atoms. The number of anilines is 1. The summed E-state index contributed by atoms with van der Waals surface area (Å²) in [5.74, 6) is -0.427. The second-order valence-corrected chi connectivity index (χ2v) is 9.40. The number of para-hydroxylation sites is 2. The van der Waals surface area contributed by atoms with Crippen LogP contribution in [0, 0.1) is 0 Å². The van der Waals surface area contributed by atoms with Crippen LogP contribution in [0.3, 0.4) is 0 Å². The van der Waals surface area contributed by atoms with Crippen LogP contribution in [-0.2, 0) is 16.1 Å². The molecule has 2 aromatic heterocycles. The molecule has 0 spiro atoms. The number of nitrogens with zero attached hydrogens (tertiary/aromatic N) is 3. The van der Waals surface area contributed by atoms with Crippen molar-refractivity contribution in [1.82, 2.24) is 20.5 Å². The zero-order valence-electron chi connectivity index (χ0n) is 20.0. The molecule has 1 saturated heterocycles. The van der Waals surface area contributed by atoms with Crippen LogP contribution >= 0.6 is 11.3 Å².